The van der Waals surface area contributed by atoms with E-state index < -0.39 is 15.9 Å². The summed E-state index contributed by atoms with van der Waals surface area (Å²) in [5, 5.41) is 5.37. The number of hydrogen-bond donors (Lipinski definition) is 2. The summed E-state index contributed by atoms with van der Waals surface area (Å²) in [7, 11) is -3.85. The monoisotopic (exact) mass is 437 g/mol. The number of amides is 2. The topological polar surface area (TPSA) is 95.6 Å². The molecule has 0 aromatic heterocycles. The fourth-order valence-electron chi connectivity index (χ4n) is 3.09. The number of hydrogen-bond acceptors (Lipinski definition) is 4. The van der Waals surface area contributed by atoms with Gasteiger partial charge in [-0.15, -0.1) is 0 Å². The number of sulfonamides is 1. The van der Waals surface area contributed by atoms with E-state index >= 15 is 0 Å². The third-order valence-corrected chi connectivity index (χ3v) is 6.36. The molecule has 3 aromatic rings. The van der Waals surface area contributed by atoms with Crippen LogP contribution in [-0.2, 0) is 14.8 Å². The van der Waals surface area contributed by atoms with Crippen LogP contribution in [0.15, 0.2) is 83.8 Å². The second-order valence-corrected chi connectivity index (χ2v) is 8.61. The molecule has 0 bridgehead atoms. The molecule has 0 aliphatic rings. The van der Waals surface area contributed by atoms with E-state index in [0.29, 0.717) is 17.1 Å². The van der Waals surface area contributed by atoms with E-state index in [-0.39, 0.29) is 22.9 Å². The van der Waals surface area contributed by atoms with Crippen LogP contribution in [0, 0.1) is 0 Å². The molecule has 0 atom stereocenters. The van der Waals surface area contributed by atoms with Crippen LogP contribution in [0.25, 0.3) is 0 Å². The van der Waals surface area contributed by atoms with Gasteiger partial charge in [-0.05, 0) is 55.5 Å². The minimum atomic E-state index is -3.85. The average Bonchev–Trinajstić information content (AvgIpc) is 2.75. The van der Waals surface area contributed by atoms with Crippen molar-refractivity contribution in [3.05, 3.63) is 84.4 Å². The van der Waals surface area contributed by atoms with Gasteiger partial charge in [-0.2, -0.15) is 0 Å². The van der Waals surface area contributed by atoms with E-state index in [9.17, 15) is 18.0 Å². The Balaban J connectivity index is 1.85. The Labute approximate surface area is 181 Å². The molecule has 3 aromatic carbocycles. The number of rotatable bonds is 7. The normalized spacial score (nSPS) is 10.9. The van der Waals surface area contributed by atoms with Crippen LogP contribution in [0.5, 0.6) is 0 Å². The largest absolute Gasteiger partial charge is 0.326 e. The predicted molar refractivity (Wildman–Crippen MR) is 122 cm³/mol. The minimum Gasteiger partial charge on any atom is -0.326 e. The molecule has 31 heavy (non-hydrogen) atoms. The zero-order chi connectivity index (χ0) is 22.4. The lowest BCUT2D eigenvalue weighted by Crippen LogP contribution is -2.30. The van der Waals surface area contributed by atoms with E-state index in [1.54, 1.807) is 61.5 Å². The smallest absolute Gasteiger partial charge is 0.264 e. The Morgan fingerprint density at radius 3 is 2.13 bits per heavy atom. The molecule has 0 radical (unpaired) electrons. The summed E-state index contributed by atoms with van der Waals surface area (Å²) >= 11 is 0. The number of nitrogens with zero attached hydrogens (tertiary/aromatic N) is 1. The second-order valence-electron chi connectivity index (χ2n) is 6.75. The van der Waals surface area contributed by atoms with E-state index in [1.165, 1.54) is 29.4 Å². The summed E-state index contributed by atoms with van der Waals surface area (Å²) in [6, 6.07) is 21.4. The number of benzene rings is 3. The molecule has 0 fully saturated rings. The number of carbonyl (C=O) groups is 2. The molecule has 2 N–H and O–H groups in total. The highest BCUT2D eigenvalue weighted by atomic mass is 32.2. The van der Waals surface area contributed by atoms with Crippen molar-refractivity contribution in [1.29, 1.82) is 0 Å². The standard InChI is InChI=1S/C23H23N3O4S/c1-3-26(21-12-5-4-6-13-21)31(29,30)22-14-7-9-18(15-22)23(28)25-20-11-8-10-19(16-20)24-17(2)27/h4-16H,3H2,1-2H3,(H,24,27)(H,25,28). The first-order valence-electron chi connectivity index (χ1n) is 9.68. The Bertz CT molecular complexity index is 1190. The number of anilines is 3. The molecule has 0 saturated carbocycles. The van der Waals surface area contributed by atoms with Crippen LogP contribution in [0.4, 0.5) is 17.1 Å². The maximum Gasteiger partial charge on any atom is 0.264 e. The average molecular weight is 438 g/mol. The van der Waals surface area contributed by atoms with Gasteiger partial charge in [0.2, 0.25) is 5.91 Å². The minimum absolute atomic E-state index is 0.0258. The molecule has 0 saturated heterocycles. The molecule has 0 unspecified atom stereocenters. The van der Waals surface area contributed by atoms with Crippen molar-refractivity contribution in [3.63, 3.8) is 0 Å². The first-order valence-corrected chi connectivity index (χ1v) is 11.1. The van der Waals surface area contributed by atoms with Crippen molar-refractivity contribution < 1.29 is 18.0 Å². The van der Waals surface area contributed by atoms with Crippen LogP contribution in [0.3, 0.4) is 0 Å². The molecule has 0 spiro atoms. The Morgan fingerprint density at radius 2 is 1.48 bits per heavy atom. The van der Waals surface area contributed by atoms with Gasteiger partial charge >= 0.3 is 0 Å². The predicted octanol–water partition coefficient (Wildman–Crippen LogP) is 4.11. The number of carbonyl (C=O) groups excluding carboxylic acids is 2. The summed E-state index contributed by atoms with van der Waals surface area (Å²) in [4.78, 5) is 24.0. The van der Waals surface area contributed by atoms with Crippen LogP contribution >= 0.6 is 0 Å². The quantitative estimate of drug-likeness (QED) is 0.581. The number of nitrogens with one attached hydrogen (secondary N) is 2. The van der Waals surface area contributed by atoms with Gasteiger partial charge in [-0.3, -0.25) is 13.9 Å². The fourth-order valence-corrected chi connectivity index (χ4v) is 4.61. The zero-order valence-electron chi connectivity index (χ0n) is 17.2. The molecular weight excluding hydrogens is 414 g/mol. The third kappa shape index (κ3) is 5.29. The molecule has 7 nitrogen and oxygen atoms in total. The first kappa shape index (κ1) is 22.0. The molecule has 0 aliphatic carbocycles. The number of para-hydroxylation sites is 1. The summed E-state index contributed by atoms with van der Waals surface area (Å²) < 4.78 is 27.7. The lowest BCUT2D eigenvalue weighted by atomic mass is 10.2. The molecule has 3 rings (SSSR count). The van der Waals surface area contributed by atoms with Gasteiger partial charge in [0.1, 0.15) is 0 Å². The van der Waals surface area contributed by atoms with Crippen LogP contribution in [0.1, 0.15) is 24.2 Å². The molecular formula is C23H23N3O4S. The van der Waals surface area contributed by atoms with Crippen molar-refractivity contribution in [1.82, 2.24) is 0 Å². The van der Waals surface area contributed by atoms with Gasteiger partial charge in [0.25, 0.3) is 15.9 Å². The highest BCUT2D eigenvalue weighted by Crippen LogP contribution is 2.24. The van der Waals surface area contributed by atoms with Gasteiger partial charge in [0.05, 0.1) is 10.6 Å². The van der Waals surface area contributed by atoms with E-state index in [4.69, 9.17) is 0 Å². The lowest BCUT2D eigenvalue weighted by Gasteiger charge is -2.23. The molecule has 0 heterocycles. The highest BCUT2D eigenvalue weighted by molar-refractivity contribution is 7.92. The van der Waals surface area contributed by atoms with Crippen LogP contribution in [0.2, 0.25) is 0 Å². The van der Waals surface area contributed by atoms with Crippen molar-refractivity contribution in [2.45, 2.75) is 18.7 Å². The molecule has 8 heteroatoms. The molecule has 0 aliphatic heterocycles. The van der Waals surface area contributed by atoms with Crippen LogP contribution < -0.4 is 14.9 Å². The summed E-state index contributed by atoms with van der Waals surface area (Å²) in [5.74, 6) is -0.680. The Hall–Kier alpha value is -3.65. The maximum absolute atomic E-state index is 13.2. The van der Waals surface area contributed by atoms with Crippen molar-refractivity contribution in [3.8, 4) is 0 Å². The van der Waals surface area contributed by atoms with Gasteiger partial charge in [0.15, 0.2) is 0 Å². The van der Waals surface area contributed by atoms with Crippen molar-refractivity contribution in [2.24, 2.45) is 0 Å². The first-order chi connectivity index (χ1) is 14.8. The third-order valence-electron chi connectivity index (χ3n) is 4.46. The summed E-state index contributed by atoms with van der Waals surface area (Å²) in [6.45, 7) is 3.40. The second kappa shape index (κ2) is 9.44. The summed E-state index contributed by atoms with van der Waals surface area (Å²) in [6.07, 6.45) is 0. The Morgan fingerprint density at radius 1 is 0.839 bits per heavy atom. The van der Waals surface area contributed by atoms with E-state index in [2.05, 4.69) is 10.6 Å². The highest BCUT2D eigenvalue weighted by Gasteiger charge is 2.24. The maximum atomic E-state index is 13.2. The summed E-state index contributed by atoms with van der Waals surface area (Å²) in [5.41, 5.74) is 1.77. The van der Waals surface area contributed by atoms with Gasteiger partial charge in [0, 0.05) is 30.4 Å². The van der Waals surface area contributed by atoms with Crippen molar-refractivity contribution >= 4 is 38.9 Å². The SMILES string of the molecule is CCN(c1ccccc1)S(=O)(=O)c1cccc(C(=O)Nc2cccc(NC(C)=O)c2)c1. The van der Waals surface area contributed by atoms with Gasteiger partial charge < -0.3 is 10.6 Å². The Kier molecular flexibility index (Phi) is 6.71. The van der Waals surface area contributed by atoms with Crippen LogP contribution in [-0.4, -0.2) is 26.8 Å². The lowest BCUT2D eigenvalue weighted by molar-refractivity contribution is -0.114. The van der Waals surface area contributed by atoms with Gasteiger partial charge in [-0.25, -0.2) is 8.42 Å². The molecule has 160 valence electrons. The van der Waals surface area contributed by atoms with Crippen molar-refractivity contribution in [2.75, 3.05) is 21.5 Å². The van der Waals surface area contributed by atoms with E-state index in [0.717, 1.165) is 0 Å². The fraction of sp³-hybridized carbons (Fsp3) is 0.130. The van der Waals surface area contributed by atoms with Gasteiger partial charge in [-0.1, -0.05) is 30.3 Å². The molecule has 2 amide bonds. The van der Waals surface area contributed by atoms with E-state index in [1.807, 2.05) is 6.07 Å². The zero-order valence-corrected chi connectivity index (χ0v) is 18.0.